The number of carboxylic acid groups (broad SMARTS) is 1. The summed E-state index contributed by atoms with van der Waals surface area (Å²) in [5.74, 6) is -1.06. The molecule has 0 bridgehead atoms. The molecule has 2 rings (SSSR count). The van der Waals surface area contributed by atoms with Crippen LogP contribution in [-0.2, 0) is 0 Å². The maximum Gasteiger partial charge on any atom is 0.338 e. The molecule has 0 saturated heterocycles. The number of pyridine rings is 1. The van der Waals surface area contributed by atoms with E-state index < -0.39 is 11.8 Å². The first-order valence-electron chi connectivity index (χ1n) is 5.33. The van der Waals surface area contributed by atoms with Crippen LogP contribution in [0, 0.1) is 10.5 Å². The number of carbonyl (C=O) groups is 1. The predicted molar refractivity (Wildman–Crippen MR) is 70.5 cm³/mol. The van der Waals surface area contributed by atoms with Gasteiger partial charge in [0, 0.05) is 5.56 Å². The van der Waals surface area contributed by atoms with Crippen molar-refractivity contribution in [3.63, 3.8) is 0 Å². The Kier molecular flexibility index (Phi) is 3.62. The van der Waals surface area contributed by atoms with Crippen molar-refractivity contribution in [1.82, 2.24) is 4.98 Å². The molecule has 0 saturated carbocycles. The third-order valence-corrected chi connectivity index (χ3v) is 2.91. The molecule has 0 radical (unpaired) electrons. The Morgan fingerprint density at radius 3 is 2.68 bits per heavy atom. The average Bonchev–Trinajstić information content (AvgIpc) is 2.38. The summed E-state index contributed by atoms with van der Waals surface area (Å²) in [4.78, 5) is 13.6. The lowest BCUT2D eigenvalue weighted by Gasteiger charge is -2.09. The van der Waals surface area contributed by atoms with Gasteiger partial charge in [0.05, 0.1) is 18.4 Å². The number of halogens is 1. The maximum absolute atomic E-state index is 13.3. The summed E-state index contributed by atoms with van der Waals surface area (Å²) in [6.45, 7) is 0. The van der Waals surface area contributed by atoms with Crippen LogP contribution in [0.5, 0.6) is 5.75 Å². The molecule has 0 amide bonds. The lowest BCUT2D eigenvalue weighted by molar-refractivity contribution is 0.0696. The highest BCUT2D eigenvalue weighted by atomic mass is 32.1. The van der Waals surface area contributed by atoms with E-state index in [1.54, 1.807) is 0 Å². The molecule has 0 aliphatic carbocycles. The summed E-state index contributed by atoms with van der Waals surface area (Å²) in [7, 11) is 1.47. The SMILES string of the molecule is COc1ccc(F)cc1-c1ccc(C(=O)O)c(=S)[nH]1. The number of nitrogens with one attached hydrogen (secondary N) is 1. The molecule has 19 heavy (non-hydrogen) atoms. The van der Waals surface area contributed by atoms with Gasteiger partial charge in [-0.1, -0.05) is 12.2 Å². The number of rotatable bonds is 3. The van der Waals surface area contributed by atoms with E-state index in [4.69, 9.17) is 22.1 Å². The smallest absolute Gasteiger partial charge is 0.338 e. The summed E-state index contributed by atoms with van der Waals surface area (Å²) in [5, 5.41) is 8.90. The Bertz CT molecular complexity index is 697. The molecule has 0 unspecified atom stereocenters. The third-order valence-electron chi connectivity index (χ3n) is 2.59. The quantitative estimate of drug-likeness (QED) is 0.847. The van der Waals surface area contributed by atoms with Crippen LogP contribution >= 0.6 is 12.2 Å². The average molecular weight is 279 g/mol. The molecule has 2 N–H and O–H groups in total. The second-order valence-corrected chi connectivity index (χ2v) is 4.17. The summed E-state index contributed by atoms with van der Waals surface area (Å²) in [5.41, 5.74) is 0.964. The van der Waals surface area contributed by atoms with Gasteiger partial charge in [-0.3, -0.25) is 0 Å². The zero-order chi connectivity index (χ0) is 14.0. The topological polar surface area (TPSA) is 62.3 Å². The molecule has 6 heteroatoms. The summed E-state index contributed by atoms with van der Waals surface area (Å²) >= 11 is 4.96. The molecule has 1 heterocycles. The number of hydrogen-bond donors (Lipinski definition) is 2. The van der Waals surface area contributed by atoms with Crippen molar-refractivity contribution in [2.24, 2.45) is 0 Å². The normalized spacial score (nSPS) is 10.2. The zero-order valence-corrected chi connectivity index (χ0v) is 10.8. The van der Waals surface area contributed by atoms with E-state index in [0.717, 1.165) is 0 Å². The number of aromatic nitrogens is 1. The van der Waals surface area contributed by atoms with Crippen LogP contribution in [0.2, 0.25) is 0 Å². The fourth-order valence-corrected chi connectivity index (χ4v) is 1.96. The molecule has 0 spiro atoms. The number of methoxy groups -OCH3 is 1. The fourth-order valence-electron chi connectivity index (χ4n) is 1.69. The van der Waals surface area contributed by atoms with E-state index in [0.29, 0.717) is 17.0 Å². The Labute approximate surface area is 113 Å². The first-order chi connectivity index (χ1) is 9.02. The van der Waals surface area contributed by atoms with E-state index in [1.165, 1.54) is 37.4 Å². The van der Waals surface area contributed by atoms with Gasteiger partial charge in [0.15, 0.2) is 0 Å². The van der Waals surface area contributed by atoms with Gasteiger partial charge in [-0.15, -0.1) is 0 Å². The fraction of sp³-hybridized carbons (Fsp3) is 0.0769. The second-order valence-electron chi connectivity index (χ2n) is 3.76. The van der Waals surface area contributed by atoms with Gasteiger partial charge in [-0.25, -0.2) is 9.18 Å². The Morgan fingerprint density at radius 2 is 2.11 bits per heavy atom. The van der Waals surface area contributed by atoms with Crippen LogP contribution in [0.1, 0.15) is 10.4 Å². The van der Waals surface area contributed by atoms with E-state index in [1.807, 2.05) is 0 Å². The summed E-state index contributed by atoms with van der Waals surface area (Å²) in [6.07, 6.45) is 0. The number of carboxylic acids is 1. The van der Waals surface area contributed by atoms with E-state index in [2.05, 4.69) is 4.98 Å². The zero-order valence-electron chi connectivity index (χ0n) is 9.94. The highest BCUT2D eigenvalue weighted by molar-refractivity contribution is 7.71. The number of H-pyrrole nitrogens is 1. The number of ether oxygens (including phenoxy) is 1. The highest BCUT2D eigenvalue weighted by Gasteiger charge is 2.11. The van der Waals surface area contributed by atoms with Crippen molar-refractivity contribution >= 4 is 18.2 Å². The molecule has 4 nitrogen and oxygen atoms in total. The van der Waals surface area contributed by atoms with Crippen LogP contribution in [0.15, 0.2) is 30.3 Å². The largest absolute Gasteiger partial charge is 0.496 e. The van der Waals surface area contributed by atoms with Crippen LogP contribution in [0.25, 0.3) is 11.3 Å². The van der Waals surface area contributed by atoms with Gasteiger partial charge in [-0.2, -0.15) is 0 Å². The number of hydrogen-bond acceptors (Lipinski definition) is 3. The molecule has 0 aliphatic rings. The predicted octanol–water partition coefficient (Wildman–Crippen LogP) is 3.26. The van der Waals surface area contributed by atoms with Crippen LogP contribution in [0.4, 0.5) is 4.39 Å². The minimum Gasteiger partial charge on any atom is -0.496 e. The van der Waals surface area contributed by atoms with Crippen LogP contribution < -0.4 is 4.74 Å². The second kappa shape index (κ2) is 5.19. The monoisotopic (exact) mass is 279 g/mol. The van der Waals surface area contributed by atoms with Crippen molar-refractivity contribution in [2.75, 3.05) is 7.11 Å². The Morgan fingerprint density at radius 1 is 1.37 bits per heavy atom. The van der Waals surface area contributed by atoms with Gasteiger partial charge in [0.2, 0.25) is 0 Å². The molecule has 1 aromatic carbocycles. The summed E-state index contributed by atoms with van der Waals surface area (Å²) in [6, 6.07) is 6.96. The van der Waals surface area contributed by atoms with E-state index in [-0.39, 0.29) is 10.2 Å². The van der Waals surface area contributed by atoms with E-state index in [9.17, 15) is 9.18 Å². The van der Waals surface area contributed by atoms with Crippen LogP contribution in [-0.4, -0.2) is 23.2 Å². The van der Waals surface area contributed by atoms with Crippen molar-refractivity contribution in [1.29, 1.82) is 0 Å². The molecule has 1 aromatic heterocycles. The third kappa shape index (κ3) is 2.63. The lowest BCUT2D eigenvalue weighted by atomic mass is 10.1. The van der Waals surface area contributed by atoms with Crippen LogP contribution in [0.3, 0.4) is 0 Å². The number of aromatic carboxylic acids is 1. The first-order valence-corrected chi connectivity index (χ1v) is 5.74. The minimum atomic E-state index is -1.11. The Balaban J connectivity index is 2.60. The molecule has 2 aromatic rings. The number of aromatic amines is 1. The highest BCUT2D eigenvalue weighted by Crippen LogP contribution is 2.29. The Hall–Kier alpha value is -2.21. The van der Waals surface area contributed by atoms with Gasteiger partial charge in [-0.05, 0) is 30.3 Å². The lowest BCUT2D eigenvalue weighted by Crippen LogP contribution is -2.00. The van der Waals surface area contributed by atoms with Crippen molar-refractivity contribution < 1.29 is 19.0 Å². The van der Waals surface area contributed by atoms with Gasteiger partial charge in [0.25, 0.3) is 0 Å². The van der Waals surface area contributed by atoms with Gasteiger partial charge in [0.1, 0.15) is 16.2 Å². The number of benzene rings is 1. The molecule has 0 aliphatic heterocycles. The van der Waals surface area contributed by atoms with Gasteiger partial charge >= 0.3 is 5.97 Å². The standard InChI is InChI=1S/C13H10FNO3S/c1-18-11-5-2-7(14)6-9(11)10-4-3-8(13(16)17)12(19)15-10/h2-6H,1H3,(H,15,19)(H,16,17). The van der Waals surface area contributed by atoms with Crippen molar-refractivity contribution in [3.05, 3.63) is 46.4 Å². The molecular formula is C13H10FNO3S. The molecule has 0 atom stereocenters. The van der Waals surface area contributed by atoms with E-state index >= 15 is 0 Å². The first kappa shape index (κ1) is 13.2. The molecule has 98 valence electrons. The molecule has 0 fully saturated rings. The molecular weight excluding hydrogens is 269 g/mol. The van der Waals surface area contributed by atoms with Crippen molar-refractivity contribution in [2.45, 2.75) is 0 Å². The minimum absolute atomic E-state index is 0.00544. The van der Waals surface area contributed by atoms with Crippen molar-refractivity contribution in [3.8, 4) is 17.0 Å². The summed E-state index contributed by atoms with van der Waals surface area (Å²) < 4.78 is 18.5. The van der Waals surface area contributed by atoms with Gasteiger partial charge < -0.3 is 14.8 Å². The maximum atomic E-state index is 13.3.